The highest BCUT2D eigenvalue weighted by molar-refractivity contribution is 14.1. The van der Waals surface area contributed by atoms with E-state index in [9.17, 15) is 14.0 Å². The van der Waals surface area contributed by atoms with Gasteiger partial charge in [-0.05, 0) is 77.2 Å². The first-order valence-corrected chi connectivity index (χ1v) is 10.8. The molecule has 1 fully saturated rings. The van der Waals surface area contributed by atoms with E-state index >= 15 is 0 Å². The van der Waals surface area contributed by atoms with Crippen LogP contribution in [0.3, 0.4) is 0 Å². The van der Waals surface area contributed by atoms with E-state index in [0.29, 0.717) is 23.7 Å². The van der Waals surface area contributed by atoms with Crippen molar-refractivity contribution in [1.82, 2.24) is 4.90 Å². The van der Waals surface area contributed by atoms with Gasteiger partial charge in [0.25, 0.3) is 11.1 Å². The molecule has 5 nitrogen and oxygen atoms in total. The zero-order chi connectivity index (χ0) is 21.1. The van der Waals surface area contributed by atoms with Crippen molar-refractivity contribution in [2.75, 3.05) is 13.7 Å². The van der Waals surface area contributed by atoms with Crippen LogP contribution in [0.1, 0.15) is 18.1 Å². The molecule has 0 spiro atoms. The lowest BCUT2D eigenvalue weighted by Gasteiger charge is -2.14. The number of imide groups is 1. The van der Waals surface area contributed by atoms with Crippen LogP contribution in [0.25, 0.3) is 6.08 Å². The molecule has 2 aromatic carbocycles. The maximum absolute atomic E-state index is 14.1. The molecule has 0 bridgehead atoms. The van der Waals surface area contributed by atoms with Gasteiger partial charge in [0.05, 0.1) is 28.7 Å². The lowest BCUT2D eigenvalue weighted by Crippen LogP contribution is -2.28. The van der Waals surface area contributed by atoms with Crippen molar-refractivity contribution in [3.05, 3.63) is 60.8 Å². The summed E-state index contributed by atoms with van der Waals surface area (Å²) in [6, 6.07) is 7.79. The summed E-state index contributed by atoms with van der Waals surface area (Å²) in [5.74, 6) is 0.0899. The van der Waals surface area contributed by atoms with Crippen molar-refractivity contribution in [3.8, 4) is 11.5 Å². The second-order valence-corrected chi connectivity index (χ2v) is 8.50. The Balaban J connectivity index is 1.90. The maximum atomic E-state index is 14.1. The normalized spacial score (nSPS) is 15.3. The van der Waals surface area contributed by atoms with E-state index in [4.69, 9.17) is 21.1 Å². The molecule has 0 saturated carbocycles. The van der Waals surface area contributed by atoms with Crippen LogP contribution >= 0.6 is 46.0 Å². The number of carbonyl (C=O) groups excluding carboxylic acids is 2. The molecule has 0 N–H and O–H groups in total. The Kier molecular flexibility index (Phi) is 7.07. The molecule has 0 radical (unpaired) electrons. The van der Waals surface area contributed by atoms with Gasteiger partial charge >= 0.3 is 0 Å². The molecule has 29 heavy (non-hydrogen) atoms. The standard InChI is InChI=1S/C20H16ClFINO4S/c1-3-28-16-8-11(7-15(23)18(16)27-2)9-17-19(25)24(20(26)29-17)10-12-13(21)5-4-6-14(12)22/h4-9H,3,10H2,1-2H3. The number of ether oxygens (including phenoxy) is 2. The summed E-state index contributed by atoms with van der Waals surface area (Å²) < 4.78 is 25.8. The van der Waals surface area contributed by atoms with E-state index in [1.54, 1.807) is 19.3 Å². The minimum atomic E-state index is -0.563. The van der Waals surface area contributed by atoms with Crippen molar-refractivity contribution in [2.45, 2.75) is 13.5 Å². The smallest absolute Gasteiger partial charge is 0.293 e. The second kappa shape index (κ2) is 9.36. The van der Waals surface area contributed by atoms with Gasteiger partial charge in [0.2, 0.25) is 0 Å². The largest absolute Gasteiger partial charge is 0.492 e. The van der Waals surface area contributed by atoms with Crippen molar-refractivity contribution in [1.29, 1.82) is 0 Å². The fourth-order valence-corrected chi connectivity index (χ4v) is 4.67. The molecule has 2 aromatic rings. The Morgan fingerprint density at radius 1 is 1.31 bits per heavy atom. The summed E-state index contributed by atoms with van der Waals surface area (Å²) in [4.78, 5) is 26.3. The Morgan fingerprint density at radius 3 is 2.72 bits per heavy atom. The number of benzene rings is 2. The first-order chi connectivity index (χ1) is 13.8. The van der Waals surface area contributed by atoms with Gasteiger partial charge in [0.15, 0.2) is 11.5 Å². The highest BCUT2D eigenvalue weighted by Crippen LogP contribution is 2.38. The van der Waals surface area contributed by atoms with Crippen LogP contribution in [0.4, 0.5) is 9.18 Å². The molecule has 0 aliphatic carbocycles. The highest BCUT2D eigenvalue weighted by atomic mass is 127. The van der Waals surface area contributed by atoms with Crippen LogP contribution in [0.5, 0.6) is 11.5 Å². The first-order valence-electron chi connectivity index (χ1n) is 8.54. The average molecular weight is 548 g/mol. The third kappa shape index (κ3) is 4.70. The van der Waals surface area contributed by atoms with Gasteiger partial charge in [0, 0.05) is 10.6 Å². The van der Waals surface area contributed by atoms with Crippen LogP contribution in [0.15, 0.2) is 35.2 Å². The second-order valence-electron chi connectivity index (χ2n) is 5.94. The molecule has 1 heterocycles. The predicted octanol–water partition coefficient (Wildman–Crippen LogP) is 5.73. The summed E-state index contributed by atoms with van der Waals surface area (Å²) in [6.07, 6.45) is 1.61. The molecule has 9 heteroatoms. The number of carbonyl (C=O) groups is 2. The molecule has 0 aromatic heterocycles. The molecule has 0 atom stereocenters. The van der Waals surface area contributed by atoms with E-state index in [1.165, 1.54) is 18.2 Å². The first kappa shape index (κ1) is 21.9. The summed E-state index contributed by atoms with van der Waals surface area (Å²) in [7, 11) is 1.55. The lowest BCUT2D eigenvalue weighted by atomic mass is 10.1. The number of thioether (sulfide) groups is 1. The van der Waals surface area contributed by atoms with Crippen LogP contribution in [0.2, 0.25) is 5.02 Å². The van der Waals surface area contributed by atoms with Gasteiger partial charge in [-0.1, -0.05) is 17.7 Å². The highest BCUT2D eigenvalue weighted by Gasteiger charge is 2.36. The van der Waals surface area contributed by atoms with Gasteiger partial charge in [0.1, 0.15) is 5.82 Å². The van der Waals surface area contributed by atoms with Gasteiger partial charge in [-0.15, -0.1) is 0 Å². The number of nitrogens with zero attached hydrogens (tertiary/aromatic N) is 1. The SMILES string of the molecule is CCOc1cc(C=C2SC(=O)N(Cc3c(F)cccc3Cl)C2=O)cc(I)c1OC. The summed E-state index contributed by atoms with van der Waals surface area (Å²) in [6.45, 7) is 2.09. The summed E-state index contributed by atoms with van der Waals surface area (Å²) in [5, 5.41) is -0.312. The molecular weight excluding hydrogens is 532 g/mol. The third-order valence-corrected chi connectivity index (χ3v) is 6.15. The molecule has 1 saturated heterocycles. The van der Waals surface area contributed by atoms with Crippen LogP contribution in [-0.4, -0.2) is 29.8 Å². The van der Waals surface area contributed by atoms with E-state index in [0.717, 1.165) is 20.2 Å². The monoisotopic (exact) mass is 547 g/mol. The zero-order valence-corrected chi connectivity index (χ0v) is 19.2. The predicted molar refractivity (Wildman–Crippen MR) is 120 cm³/mol. The zero-order valence-electron chi connectivity index (χ0n) is 15.5. The molecular formula is C20H16ClFINO4S. The Bertz CT molecular complexity index is 994. The number of rotatable bonds is 6. The van der Waals surface area contributed by atoms with Crippen LogP contribution < -0.4 is 9.47 Å². The van der Waals surface area contributed by atoms with Crippen molar-refractivity contribution < 1.29 is 23.5 Å². The van der Waals surface area contributed by atoms with Crippen LogP contribution in [0, 0.1) is 9.39 Å². The Morgan fingerprint density at radius 2 is 2.07 bits per heavy atom. The molecule has 152 valence electrons. The average Bonchev–Trinajstić information content (AvgIpc) is 2.92. The number of halogens is 3. The van der Waals surface area contributed by atoms with E-state index in [1.807, 2.05) is 13.0 Å². The minimum Gasteiger partial charge on any atom is -0.492 e. The summed E-state index contributed by atoms with van der Waals surface area (Å²) >= 11 is 8.94. The number of hydrogen-bond donors (Lipinski definition) is 0. The van der Waals surface area contributed by atoms with Gasteiger partial charge in [-0.3, -0.25) is 14.5 Å². The van der Waals surface area contributed by atoms with E-state index in [-0.39, 0.29) is 22.0 Å². The minimum absolute atomic E-state index is 0.107. The lowest BCUT2D eigenvalue weighted by molar-refractivity contribution is -0.123. The Labute approximate surface area is 190 Å². The van der Waals surface area contributed by atoms with Gasteiger partial charge in [-0.2, -0.15) is 0 Å². The van der Waals surface area contributed by atoms with Crippen molar-refractivity contribution >= 4 is 63.2 Å². The summed E-state index contributed by atoms with van der Waals surface area (Å²) in [5.41, 5.74) is 0.795. The topological polar surface area (TPSA) is 55.8 Å². The van der Waals surface area contributed by atoms with Crippen LogP contribution in [-0.2, 0) is 11.3 Å². The maximum Gasteiger partial charge on any atom is 0.293 e. The van der Waals surface area contributed by atoms with E-state index in [2.05, 4.69) is 22.6 Å². The quantitative estimate of drug-likeness (QED) is 0.342. The molecule has 1 aliphatic heterocycles. The van der Waals surface area contributed by atoms with Crippen molar-refractivity contribution in [2.24, 2.45) is 0 Å². The van der Waals surface area contributed by atoms with Gasteiger partial charge in [-0.25, -0.2) is 4.39 Å². The Hall–Kier alpha value is -1.78. The number of amides is 2. The van der Waals surface area contributed by atoms with E-state index < -0.39 is 17.0 Å². The molecule has 1 aliphatic rings. The van der Waals surface area contributed by atoms with Crippen molar-refractivity contribution in [3.63, 3.8) is 0 Å². The fraction of sp³-hybridized carbons (Fsp3) is 0.200. The fourth-order valence-electron chi connectivity index (χ4n) is 2.76. The van der Waals surface area contributed by atoms with Gasteiger partial charge < -0.3 is 9.47 Å². The number of hydrogen-bond acceptors (Lipinski definition) is 5. The molecule has 3 rings (SSSR count). The molecule has 2 amide bonds. The number of methoxy groups -OCH3 is 1. The third-order valence-electron chi connectivity index (χ3n) is 4.09. The molecule has 0 unspecified atom stereocenters.